The standard InChI is InChI=1S/C58H47N5O10S/c64-32-33-71-43-29-25-41(26-30-43)52-58(44-34-37(21-20-36-12-4-1-5-13-36)24-31-46(44)61(55(58)67)57(68)72-35-38-22-27-42(28-23-38)63(69)70)48(53(65)60-56-59-45-18-10-11-19-47(45)74-56)50-54(66)73-51(40-16-8-3-9-17-40)49(62(50)52)39-14-6-2-7-15-39/h2-3,6-12,14-19,22-31,34,48-52,64H,1,4-5,13,32-33,35H2,(H,59,60,65)/t48-,49-,50-,51+,52+,58-/m1/s1. The molecule has 74 heavy (non-hydrogen) atoms. The van der Waals surface area contributed by atoms with Gasteiger partial charge in [-0.05, 0) is 114 Å². The molecule has 2 N–H and O–H groups in total. The SMILES string of the molecule is O=C1O[C@@H](c2ccccc2)[C@@H](c2ccccc2)N2[C@@H](c3ccc(OCCO)cc3)[C@]3(C(=O)N(C(=O)OCc4ccc([N+](=O)[O-])cc4)c4ccc(C#CC5=CCCCC5)cc43)[C@@H](C(=O)Nc3nc4ccccc4s3)[C@H]12. The van der Waals surface area contributed by atoms with E-state index < -0.39 is 64.4 Å². The van der Waals surface area contributed by atoms with Gasteiger partial charge in [-0.2, -0.15) is 0 Å². The van der Waals surface area contributed by atoms with Crippen molar-refractivity contribution in [3.8, 4) is 17.6 Å². The van der Waals surface area contributed by atoms with E-state index in [1.165, 1.54) is 35.6 Å². The number of nitrogens with one attached hydrogen (secondary N) is 1. The summed E-state index contributed by atoms with van der Waals surface area (Å²) in [6, 6.07) is 40.1. The van der Waals surface area contributed by atoms with Crippen LogP contribution in [0.3, 0.4) is 0 Å². The van der Waals surface area contributed by atoms with Crippen molar-refractivity contribution in [1.82, 2.24) is 9.88 Å². The maximum atomic E-state index is 16.7. The van der Waals surface area contributed by atoms with Crippen molar-refractivity contribution >= 4 is 61.9 Å². The summed E-state index contributed by atoms with van der Waals surface area (Å²) in [6.07, 6.45) is 3.86. The Balaban J connectivity index is 1.16. The molecule has 370 valence electrons. The zero-order valence-electron chi connectivity index (χ0n) is 39.7. The predicted molar refractivity (Wildman–Crippen MR) is 276 cm³/mol. The van der Waals surface area contributed by atoms with Crippen LogP contribution in [-0.2, 0) is 35.9 Å². The van der Waals surface area contributed by atoms with E-state index in [0.29, 0.717) is 33.5 Å². The number of allylic oxidation sites excluding steroid dienone is 2. The van der Waals surface area contributed by atoms with Crippen LogP contribution in [0.4, 0.5) is 21.3 Å². The van der Waals surface area contributed by atoms with Crippen LogP contribution >= 0.6 is 11.3 Å². The molecule has 4 heterocycles. The summed E-state index contributed by atoms with van der Waals surface area (Å²) in [6.45, 7) is -0.586. The normalized spacial score (nSPS) is 22.0. The number of fused-ring (bicyclic) bond motifs is 4. The number of aromatic nitrogens is 1. The number of carbonyl (C=O) groups excluding carboxylic acids is 4. The number of imide groups is 1. The number of nitro groups is 1. The maximum Gasteiger partial charge on any atom is 0.421 e. The van der Waals surface area contributed by atoms with Gasteiger partial charge in [-0.1, -0.05) is 114 Å². The first-order valence-corrected chi connectivity index (χ1v) is 25.1. The molecule has 7 aromatic rings. The number of carbonyl (C=O) groups is 4. The van der Waals surface area contributed by atoms with Crippen molar-refractivity contribution in [1.29, 1.82) is 0 Å². The predicted octanol–water partition coefficient (Wildman–Crippen LogP) is 10.1. The lowest BCUT2D eigenvalue weighted by Gasteiger charge is -2.46. The van der Waals surface area contributed by atoms with Crippen LogP contribution in [0.1, 0.15) is 77.3 Å². The first-order chi connectivity index (χ1) is 36.1. The lowest BCUT2D eigenvalue weighted by atomic mass is 9.65. The van der Waals surface area contributed by atoms with Gasteiger partial charge < -0.3 is 24.6 Å². The number of hydrogen-bond donors (Lipinski definition) is 2. The zero-order valence-corrected chi connectivity index (χ0v) is 40.5. The molecular weight excluding hydrogens is 959 g/mol. The smallest absolute Gasteiger partial charge is 0.421 e. The average Bonchev–Trinajstić information content (AvgIpc) is 4.13. The summed E-state index contributed by atoms with van der Waals surface area (Å²) < 4.78 is 19.2. The number of ether oxygens (including phenoxy) is 3. The molecule has 6 aromatic carbocycles. The van der Waals surface area contributed by atoms with E-state index >= 15 is 14.4 Å². The summed E-state index contributed by atoms with van der Waals surface area (Å²) in [5.41, 5.74) is 2.48. The van der Waals surface area contributed by atoms with E-state index in [9.17, 15) is 20.0 Å². The first kappa shape index (κ1) is 47.8. The molecule has 0 saturated carbocycles. The number of nitro benzene ring substituents is 1. The third-order valence-electron chi connectivity index (χ3n) is 14.2. The fourth-order valence-corrected chi connectivity index (χ4v) is 11.9. The zero-order chi connectivity index (χ0) is 50.9. The second-order valence-electron chi connectivity index (χ2n) is 18.5. The Hall–Kier alpha value is -8.49. The van der Waals surface area contributed by atoms with E-state index in [4.69, 9.17) is 19.2 Å². The number of cyclic esters (lactones) is 1. The van der Waals surface area contributed by atoms with Crippen molar-refractivity contribution in [2.45, 2.75) is 61.9 Å². The van der Waals surface area contributed by atoms with E-state index in [-0.39, 0.29) is 41.9 Å². The number of aliphatic hydroxyl groups excluding tert-OH is 1. The van der Waals surface area contributed by atoms with Gasteiger partial charge in [-0.3, -0.25) is 29.4 Å². The largest absolute Gasteiger partial charge is 0.491 e. The number of rotatable bonds is 11. The Labute approximate surface area is 429 Å². The molecule has 0 unspecified atom stereocenters. The topological polar surface area (TPSA) is 191 Å². The van der Waals surface area contributed by atoms with E-state index in [1.54, 1.807) is 42.5 Å². The van der Waals surface area contributed by atoms with Crippen molar-refractivity contribution in [3.05, 3.63) is 207 Å². The van der Waals surface area contributed by atoms with Crippen molar-refractivity contribution < 1.29 is 43.4 Å². The molecule has 3 aliphatic heterocycles. The second kappa shape index (κ2) is 20.2. The number of thiazole rings is 1. The second-order valence-corrected chi connectivity index (χ2v) is 19.5. The number of aliphatic hydroxyl groups is 1. The molecule has 1 aliphatic carbocycles. The number of esters is 1. The highest BCUT2D eigenvalue weighted by Gasteiger charge is 2.76. The van der Waals surface area contributed by atoms with Crippen LogP contribution in [-0.4, -0.2) is 63.0 Å². The van der Waals surface area contributed by atoms with Crippen LogP contribution in [0.15, 0.2) is 163 Å². The molecule has 0 radical (unpaired) electrons. The Bertz CT molecular complexity index is 3380. The molecule has 1 aromatic heterocycles. The molecule has 3 amide bonds. The summed E-state index contributed by atoms with van der Waals surface area (Å²) in [5.74, 6) is 3.11. The van der Waals surface area contributed by atoms with Crippen molar-refractivity contribution in [2.75, 3.05) is 23.4 Å². The summed E-state index contributed by atoms with van der Waals surface area (Å²) in [4.78, 5) is 81.8. The van der Waals surface area contributed by atoms with Crippen LogP contribution in [0, 0.1) is 27.9 Å². The van der Waals surface area contributed by atoms with Crippen molar-refractivity contribution in [3.63, 3.8) is 0 Å². The van der Waals surface area contributed by atoms with Gasteiger partial charge in [0.25, 0.3) is 5.69 Å². The molecule has 16 heteroatoms. The fourth-order valence-electron chi connectivity index (χ4n) is 11.0. The molecule has 0 bridgehead atoms. The number of amides is 3. The molecule has 6 atom stereocenters. The molecule has 11 rings (SSSR count). The van der Waals surface area contributed by atoms with Gasteiger partial charge in [0.15, 0.2) is 5.13 Å². The number of anilines is 2. The molecule has 15 nitrogen and oxygen atoms in total. The Morgan fingerprint density at radius 2 is 1.58 bits per heavy atom. The molecule has 4 aliphatic rings. The number of hydrogen-bond acceptors (Lipinski definition) is 13. The highest BCUT2D eigenvalue weighted by Crippen LogP contribution is 2.66. The van der Waals surface area contributed by atoms with Crippen LogP contribution < -0.4 is 15.0 Å². The highest BCUT2D eigenvalue weighted by atomic mass is 32.1. The minimum absolute atomic E-state index is 0.0130. The Morgan fingerprint density at radius 3 is 2.28 bits per heavy atom. The molecule has 1 spiro atoms. The maximum absolute atomic E-state index is 16.7. The van der Waals surface area contributed by atoms with E-state index in [0.717, 1.165) is 46.4 Å². The molecule has 2 saturated heterocycles. The third kappa shape index (κ3) is 8.64. The van der Waals surface area contributed by atoms with Crippen LogP contribution in [0.5, 0.6) is 5.75 Å². The number of benzene rings is 6. The molecule has 2 fully saturated rings. The van der Waals surface area contributed by atoms with Gasteiger partial charge in [0.2, 0.25) is 11.8 Å². The van der Waals surface area contributed by atoms with Gasteiger partial charge >= 0.3 is 12.1 Å². The van der Waals surface area contributed by atoms with Crippen LogP contribution in [0.25, 0.3) is 10.2 Å². The summed E-state index contributed by atoms with van der Waals surface area (Å²) >= 11 is 1.23. The number of morpholine rings is 1. The Morgan fingerprint density at radius 1 is 0.851 bits per heavy atom. The highest BCUT2D eigenvalue weighted by molar-refractivity contribution is 7.22. The average molecular weight is 1010 g/mol. The van der Waals surface area contributed by atoms with Gasteiger partial charge in [-0.15, -0.1) is 0 Å². The number of non-ortho nitro benzene ring substituents is 1. The fraction of sp³-hybridized carbons (Fsp3) is 0.224. The van der Waals surface area contributed by atoms with Crippen LogP contribution in [0.2, 0.25) is 0 Å². The van der Waals surface area contributed by atoms with Gasteiger partial charge in [-0.25, -0.2) is 14.7 Å². The minimum Gasteiger partial charge on any atom is -0.491 e. The van der Waals surface area contributed by atoms with Gasteiger partial charge in [0.1, 0.15) is 36.5 Å². The lowest BCUT2D eigenvalue weighted by molar-refractivity contribution is -0.384. The quantitative estimate of drug-likeness (QED) is 0.0541. The lowest BCUT2D eigenvalue weighted by Crippen LogP contribution is -2.54. The summed E-state index contributed by atoms with van der Waals surface area (Å²) in [7, 11) is 0. The third-order valence-corrected chi connectivity index (χ3v) is 15.1. The van der Waals surface area contributed by atoms with E-state index in [2.05, 4.69) is 23.2 Å². The monoisotopic (exact) mass is 1010 g/mol. The summed E-state index contributed by atoms with van der Waals surface area (Å²) in [5, 5.41) is 24.4. The Kier molecular flexibility index (Phi) is 13.0. The van der Waals surface area contributed by atoms with Gasteiger partial charge in [0.05, 0.1) is 45.4 Å². The number of nitrogens with zero attached hydrogens (tertiary/aromatic N) is 4. The number of para-hydroxylation sites is 1. The van der Waals surface area contributed by atoms with Gasteiger partial charge in [0, 0.05) is 17.7 Å². The van der Waals surface area contributed by atoms with E-state index in [1.807, 2.05) is 89.8 Å². The minimum atomic E-state index is -2.12. The molecular formula is C58H47N5O10S. The first-order valence-electron chi connectivity index (χ1n) is 24.3. The van der Waals surface area contributed by atoms with Crippen molar-refractivity contribution in [2.24, 2.45) is 5.92 Å².